The molecule has 0 bridgehead atoms. The maximum absolute atomic E-state index is 13.1. The molecule has 1 saturated heterocycles. The van der Waals surface area contributed by atoms with E-state index >= 15 is 0 Å². The molecule has 1 aliphatic rings. The number of carbonyl (C=O) groups is 1. The van der Waals surface area contributed by atoms with Crippen molar-refractivity contribution < 1.29 is 4.79 Å². The van der Waals surface area contributed by atoms with E-state index in [0.29, 0.717) is 10.9 Å². The Balaban J connectivity index is 1.50. The highest BCUT2D eigenvalue weighted by molar-refractivity contribution is 7.99. The van der Waals surface area contributed by atoms with Crippen LogP contribution in [0.25, 0.3) is 11.3 Å². The summed E-state index contributed by atoms with van der Waals surface area (Å²) in [6.45, 7) is 1.58. The molecule has 134 valence electrons. The molecule has 0 N–H and O–H groups in total. The highest BCUT2D eigenvalue weighted by Gasteiger charge is 2.25. The third-order valence-electron chi connectivity index (χ3n) is 4.66. The van der Waals surface area contributed by atoms with Crippen LogP contribution in [0.4, 0.5) is 0 Å². The average molecular weight is 384 g/mol. The van der Waals surface area contributed by atoms with E-state index in [9.17, 15) is 4.79 Å². The molecule has 1 atom stereocenters. The number of hydrogen-bond acceptors (Lipinski definition) is 4. The van der Waals surface area contributed by atoms with Crippen molar-refractivity contribution in [1.29, 1.82) is 0 Å². The van der Waals surface area contributed by atoms with Crippen molar-refractivity contribution in [3.05, 3.63) is 64.5 Å². The lowest BCUT2D eigenvalue weighted by Gasteiger charge is -2.20. The zero-order valence-corrected chi connectivity index (χ0v) is 16.3. The van der Waals surface area contributed by atoms with Crippen LogP contribution < -0.4 is 0 Å². The summed E-state index contributed by atoms with van der Waals surface area (Å²) in [6.07, 6.45) is 1.00. The van der Waals surface area contributed by atoms with Crippen LogP contribution >= 0.6 is 23.1 Å². The van der Waals surface area contributed by atoms with Crippen molar-refractivity contribution in [1.82, 2.24) is 14.7 Å². The van der Waals surface area contributed by atoms with Crippen LogP contribution in [-0.2, 0) is 7.05 Å². The number of amides is 1. The fraction of sp³-hybridized carbons (Fsp3) is 0.300. The van der Waals surface area contributed by atoms with Gasteiger partial charge >= 0.3 is 0 Å². The van der Waals surface area contributed by atoms with Crippen LogP contribution in [0.5, 0.6) is 0 Å². The Morgan fingerprint density at radius 2 is 2.00 bits per heavy atom. The molecule has 3 aromatic rings. The van der Waals surface area contributed by atoms with Gasteiger partial charge in [-0.1, -0.05) is 36.4 Å². The molecular formula is C20H21N3OS2. The maximum Gasteiger partial charge on any atom is 0.272 e. The Kier molecular flexibility index (Phi) is 5.13. The lowest BCUT2D eigenvalue weighted by Crippen LogP contribution is -2.34. The van der Waals surface area contributed by atoms with Crippen LogP contribution in [0.1, 0.15) is 27.0 Å². The molecule has 0 unspecified atom stereocenters. The van der Waals surface area contributed by atoms with Crippen LogP contribution in [0.2, 0.25) is 0 Å². The third kappa shape index (κ3) is 3.57. The smallest absolute Gasteiger partial charge is 0.272 e. The minimum absolute atomic E-state index is 0.0783. The van der Waals surface area contributed by atoms with Crippen molar-refractivity contribution in [3.8, 4) is 11.3 Å². The molecule has 1 aromatic carbocycles. The SMILES string of the molecule is Cn1nc(-c2ccccc2)cc1C(=O)N1CCS[C@@H](c2cccs2)CC1. The fourth-order valence-electron chi connectivity index (χ4n) is 3.25. The van der Waals surface area contributed by atoms with Crippen LogP contribution in [0.15, 0.2) is 53.9 Å². The summed E-state index contributed by atoms with van der Waals surface area (Å²) < 4.78 is 1.71. The molecular weight excluding hydrogens is 362 g/mol. The Morgan fingerprint density at radius 1 is 1.15 bits per heavy atom. The monoisotopic (exact) mass is 383 g/mol. The van der Waals surface area contributed by atoms with E-state index < -0.39 is 0 Å². The number of aryl methyl sites for hydroxylation is 1. The van der Waals surface area contributed by atoms with Gasteiger partial charge in [-0.25, -0.2) is 0 Å². The molecule has 6 heteroatoms. The Bertz CT molecular complexity index is 874. The minimum Gasteiger partial charge on any atom is -0.336 e. The largest absolute Gasteiger partial charge is 0.336 e. The molecule has 2 aromatic heterocycles. The first-order chi connectivity index (χ1) is 12.7. The molecule has 0 aliphatic carbocycles. The van der Waals surface area contributed by atoms with Gasteiger partial charge in [0.2, 0.25) is 0 Å². The first-order valence-electron chi connectivity index (χ1n) is 8.76. The molecule has 4 nitrogen and oxygen atoms in total. The van der Waals surface area contributed by atoms with Crippen LogP contribution in [-0.4, -0.2) is 39.4 Å². The van der Waals surface area contributed by atoms with Crippen molar-refractivity contribution in [3.63, 3.8) is 0 Å². The molecule has 0 spiro atoms. The van der Waals surface area contributed by atoms with Crippen LogP contribution in [0, 0.1) is 0 Å². The normalized spacial score (nSPS) is 17.9. The molecule has 1 amide bonds. The summed E-state index contributed by atoms with van der Waals surface area (Å²) in [5.74, 6) is 1.05. The molecule has 4 rings (SSSR count). The second-order valence-electron chi connectivity index (χ2n) is 6.36. The molecule has 1 aliphatic heterocycles. The van der Waals surface area contributed by atoms with Crippen molar-refractivity contribution in [2.75, 3.05) is 18.8 Å². The summed E-state index contributed by atoms with van der Waals surface area (Å²) in [6, 6.07) is 16.2. The average Bonchev–Trinajstić information content (AvgIpc) is 3.26. The summed E-state index contributed by atoms with van der Waals surface area (Å²) in [5, 5.41) is 7.17. The van der Waals surface area contributed by atoms with Crippen LogP contribution in [0.3, 0.4) is 0 Å². The summed E-state index contributed by atoms with van der Waals surface area (Å²) in [7, 11) is 1.85. The van der Waals surface area contributed by atoms with E-state index in [-0.39, 0.29) is 5.91 Å². The first kappa shape index (κ1) is 17.4. The number of thiophene rings is 1. The first-order valence-corrected chi connectivity index (χ1v) is 10.7. The Labute approximate surface area is 161 Å². The molecule has 3 heterocycles. The Hall–Kier alpha value is -2.05. The summed E-state index contributed by atoms with van der Waals surface area (Å²) in [4.78, 5) is 16.5. The van der Waals surface area contributed by atoms with Crippen molar-refractivity contribution >= 4 is 29.0 Å². The van der Waals surface area contributed by atoms with E-state index in [0.717, 1.165) is 36.5 Å². The number of benzene rings is 1. The second-order valence-corrected chi connectivity index (χ2v) is 8.65. The van der Waals surface area contributed by atoms with Gasteiger partial charge < -0.3 is 4.90 Å². The number of thioether (sulfide) groups is 1. The number of hydrogen-bond donors (Lipinski definition) is 0. The predicted octanol–water partition coefficient (Wildman–Crippen LogP) is 4.47. The second kappa shape index (κ2) is 7.68. The van der Waals surface area contributed by atoms with Gasteiger partial charge in [0, 0.05) is 41.6 Å². The van der Waals surface area contributed by atoms with E-state index in [2.05, 4.69) is 22.6 Å². The predicted molar refractivity (Wildman–Crippen MR) is 109 cm³/mol. The van der Waals surface area contributed by atoms with Gasteiger partial charge in [0.1, 0.15) is 5.69 Å². The van der Waals surface area contributed by atoms with Gasteiger partial charge in [-0.05, 0) is 23.9 Å². The number of rotatable bonds is 3. The number of aromatic nitrogens is 2. The van der Waals surface area contributed by atoms with Gasteiger partial charge in [-0.2, -0.15) is 16.9 Å². The van der Waals surface area contributed by atoms with Gasteiger partial charge in [-0.15, -0.1) is 11.3 Å². The van der Waals surface area contributed by atoms with Crippen molar-refractivity contribution in [2.45, 2.75) is 11.7 Å². The maximum atomic E-state index is 13.1. The molecule has 0 radical (unpaired) electrons. The zero-order valence-electron chi connectivity index (χ0n) is 14.7. The highest BCUT2D eigenvalue weighted by Crippen LogP contribution is 2.37. The molecule has 26 heavy (non-hydrogen) atoms. The summed E-state index contributed by atoms with van der Waals surface area (Å²) >= 11 is 3.77. The van der Waals surface area contributed by atoms with Crippen molar-refractivity contribution in [2.24, 2.45) is 7.05 Å². The Morgan fingerprint density at radius 3 is 2.77 bits per heavy atom. The quantitative estimate of drug-likeness (QED) is 0.670. The lowest BCUT2D eigenvalue weighted by molar-refractivity contribution is 0.0755. The van der Waals surface area contributed by atoms with E-state index in [4.69, 9.17) is 0 Å². The summed E-state index contributed by atoms with van der Waals surface area (Å²) in [5.41, 5.74) is 2.53. The lowest BCUT2D eigenvalue weighted by atomic mass is 10.1. The topological polar surface area (TPSA) is 38.1 Å². The number of carbonyl (C=O) groups excluding carboxylic acids is 1. The molecule has 1 fully saturated rings. The minimum atomic E-state index is 0.0783. The van der Waals surface area contributed by atoms with E-state index in [1.165, 1.54) is 4.88 Å². The molecule has 0 saturated carbocycles. The zero-order chi connectivity index (χ0) is 17.9. The number of nitrogens with zero attached hydrogens (tertiary/aromatic N) is 3. The third-order valence-corrected chi connectivity index (χ3v) is 7.10. The van der Waals surface area contributed by atoms with E-state index in [1.54, 1.807) is 4.68 Å². The van der Waals surface area contributed by atoms with Gasteiger partial charge in [0.15, 0.2) is 0 Å². The standard InChI is InChI=1S/C20H21N3OS2/c1-22-17(14-16(21-22)15-6-3-2-4-7-15)20(24)23-10-9-19(26-13-11-23)18-8-5-12-25-18/h2-8,12,14,19H,9-11,13H2,1H3/t19-/m1/s1. The highest BCUT2D eigenvalue weighted by atomic mass is 32.2. The van der Waals surface area contributed by atoms with Gasteiger partial charge in [0.25, 0.3) is 5.91 Å². The van der Waals surface area contributed by atoms with E-state index in [1.807, 2.05) is 71.4 Å². The van der Waals surface area contributed by atoms with Gasteiger partial charge in [-0.3, -0.25) is 9.48 Å². The van der Waals surface area contributed by atoms with Gasteiger partial charge in [0.05, 0.1) is 5.69 Å². The fourth-order valence-corrected chi connectivity index (χ4v) is 5.49.